The lowest BCUT2D eigenvalue weighted by molar-refractivity contribution is -0.123. The number of carbonyl (C=O) groups is 2. The normalized spacial score (nSPS) is 19.1. The van der Waals surface area contributed by atoms with Crippen LogP contribution in [0.15, 0.2) is 30.3 Å². The Labute approximate surface area is 133 Å². The molecule has 5 nitrogen and oxygen atoms in total. The predicted octanol–water partition coefficient (Wildman–Crippen LogP) is 0.952. The third-order valence-corrected chi connectivity index (χ3v) is 3.17. The molecule has 3 N–H and O–H groups in total. The maximum Gasteiger partial charge on any atom is 0.262 e. The van der Waals surface area contributed by atoms with Crippen molar-refractivity contribution in [1.82, 2.24) is 16.0 Å². The smallest absolute Gasteiger partial charge is 0.262 e. The molecule has 1 fully saturated rings. The molecule has 2 rings (SSSR count). The van der Waals surface area contributed by atoms with Crippen LogP contribution in [-0.2, 0) is 4.79 Å². The lowest BCUT2D eigenvalue weighted by Gasteiger charge is -2.11. The van der Waals surface area contributed by atoms with Crippen LogP contribution in [0.1, 0.15) is 16.8 Å². The van der Waals surface area contributed by atoms with E-state index in [0.717, 1.165) is 0 Å². The van der Waals surface area contributed by atoms with Crippen LogP contribution in [0.4, 0.5) is 8.78 Å². The molecule has 22 heavy (non-hydrogen) atoms. The minimum absolute atomic E-state index is 0. The monoisotopic (exact) mass is 333 g/mol. The Bertz CT molecular complexity index is 514. The van der Waals surface area contributed by atoms with Gasteiger partial charge in [0.05, 0.1) is 12.6 Å². The number of benzene rings is 1. The van der Waals surface area contributed by atoms with E-state index in [1.807, 2.05) is 0 Å². The molecule has 1 saturated heterocycles. The number of amides is 2. The van der Waals surface area contributed by atoms with Crippen molar-refractivity contribution in [1.29, 1.82) is 0 Å². The first-order valence-corrected chi connectivity index (χ1v) is 6.70. The van der Waals surface area contributed by atoms with Crippen LogP contribution in [-0.4, -0.2) is 43.4 Å². The van der Waals surface area contributed by atoms with Crippen LogP contribution in [0.3, 0.4) is 0 Å². The number of alkyl halides is 2. The van der Waals surface area contributed by atoms with Gasteiger partial charge in [0.2, 0.25) is 5.91 Å². The second kappa shape index (κ2) is 8.05. The van der Waals surface area contributed by atoms with Crippen molar-refractivity contribution in [3.8, 4) is 0 Å². The highest BCUT2D eigenvalue weighted by molar-refractivity contribution is 5.94. The molecule has 1 aromatic carbocycles. The lowest BCUT2D eigenvalue weighted by atomic mass is 10.2. The molecular weight excluding hydrogens is 316 g/mol. The summed E-state index contributed by atoms with van der Waals surface area (Å²) in [5.41, 5.74) is 0.529. The SMILES string of the molecule is Cl.O=C(NCCNC(=O)C1CC(F)(F)CN1)c1ccccc1. The minimum Gasteiger partial charge on any atom is -0.353 e. The maximum atomic E-state index is 12.9. The van der Waals surface area contributed by atoms with Crippen LogP contribution in [0.2, 0.25) is 0 Å². The molecule has 0 spiro atoms. The Morgan fingerprint density at radius 3 is 2.41 bits per heavy atom. The van der Waals surface area contributed by atoms with Gasteiger partial charge in [0, 0.05) is 25.1 Å². The van der Waals surface area contributed by atoms with Crippen LogP contribution in [0, 0.1) is 0 Å². The van der Waals surface area contributed by atoms with Crippen LogP contribution >= 0.6 is 12.4 Å². The largest absolute Gasteiger partial charge is 0.353 e. The van der Waals surface area contributed by atoms with E-state index in [-0.39, 0.29) is 31.4 Å². The fourth-order valence-electron chi connectivity index (χ4n) is 2.08. The number of hydrogen-bond acceptors (Lipinski definition) is 3. The fourth-order valence-corrected chi connectivity index (χ4v) is 2.08. The summed E-state index contributed by atoms with van der Waals surface area (Å²) in [5, 5.41) is 7.63. The van der Waals surface area contributed by atoms with E-state index >= 15 is 0 Å². The molecule has 1 aliphatic rings. The second-order valence-electron chi connectivity index (χ2n) is 4.91. The molecule has 8 heteroatoms. The van der Waals surface area contributed by atoms with E-state index < -0.39 is 30.8 Å². The Balaban J connectivity index is 0.00000242. The first-order chi connectivity index (χ1) is 9.98. The molecule has 1 aliphatic heterocycles. The molecule has 0 bridgehead atoms. The number of nitrogens with one attached hydrogen (secondary N) is 3. The van der Waals surface area contributed by atoms with Gasteiger partial charge >= 0.3 is 0 Å². The van der Waals surface area contributed by atoms with Gasteiger partial charge in [-0.05, 0) is 12.1 Å². The van der Waals surface area contributed by atoms with Crippen LogP contribution in [0.25, 0.3) is 0 Å². The molecule has 0 aliphatic carbocycles. The highest BCUT2D eigenvalue weighted by Crippen LogP contribution is 2.24. The predicted molar refractivity (Wildman–Crippen MR) is 80.4 cm³/mol. The first-order valence-electron chi connectivity index (χ1n) is 6.70. The Hall–Kier alpha value is -1.73. The highest BCUT2D eigenvalue weighted by atomic mass is 35.5. The minimum atomic E-state index is -2.83. The fraction of sp³-hybridized carbons (Fsp3) is 0.429. The molecule has 1 aromatic rings. The van der Waals surface area contributed by atoms with Crippen molar-refractivity contribution in [2.24, 2.45) is 0 Å². The van der Waals surface area contributed by atoms with E-state index in [2.05, 4.69) is 16.0 Å². The van der Waals surface area contributed by atoms with Gasteiger partial charge in [-0.15, -0.1) is 12.4 Å². The summed E-state index contributed by atoms with van der Waals surface area (Å²) in [6, 6.07) is 7.80. The number of carbonyl (C=O) groups excluding carboxylic acids is 2. The van der Waals surface area contributed by atoms with E-state index in [9.17, 15) is 18.4 Å². The topological polar surface area (TPSA) is 70.2 Å². The zero-order chi connectivity index (χ0) is 15.3. The number of hydrogen-bond donors (Lipinski definition) is 3. The molecule has 1 unspecified atom stereocenters. The van der Waals surface area contributed by atoms with Gasteiger partial charge < -0.3 is 10.6 Å². The van der Waals surface area contributed by atoms with Crippen molar-refractivity contribution in [3.63, 3.8) is 0 Å². The second-order valence-corrected chi connectivity index (χ2v) is 4.91. The van der Waals surface area contributed by atoms with Crippen molar-refractivity contribution >= 4 is 24.2 Å². The molecule has 0 saturated carbocycles. The van der Waals surface area contributed by atoms with E-state index in [0.29, 0.717) is 5.56 Å². The van der Waals surface area contributed by atoms with Crippen LogP contribution < -0.4 is 16.0 Å². The summed E-state index contributed by atoms with van der Waals surface area (Å²) in [4.78, 5) is 23.3. The van der Waals surface area contributed by atoms with Gasteiger partial charge in [-0.3, -0.25) is 14.9 Å². The number of halogens is 3. The van der Waals surface area contributed by atoms with E-state index in [1.54, 1.807) is 30.3 Å². The average molecular weight is 334 g/mol. The van der Waals surface area contributed by atoms with Crippen molar-refractivity contribution in [2.45, 2.75) is 18.4 Å². The standard InChI is InChI=1S/C14H17F2N3O2.ClH/c15-14(16)8-11(19-9-14)13(21)18-7-6-17-12(20)10-4-2-1-3-5-10;/h1-5,11,19H,6-9H2,(H,17,20)(H,18,21);1H. The molecule has 0 aromatic heterocycles. The van der Waals surface area contributed by atoms with E-state index in [4.69, 9.17) is 0 Å². The van der Waals surface area contributed by atoms with E-state index in [1.165, 1.54) is 0 Å². The van der Waals surface area contributed by atoms with Crippen molar-refractivity contribution in [3.05, 3.63) is 35.9 Å². The van der Waals surface area contributed by atoms with Crippen LogP contribution in [0.5, 0.6) is 0 Å². The zero-order valence-electron chi connectivity index (χ0n) is 11.8. The lowest BCUT2D eigenvalue weighted by Crippen LogP contribution is -2.43. The average Bonchev–Trinajstić information content (AvgIpc) is 2.84. The van der Waals surface area contributed by atoms with Crippen molar-refractivity contribution < 1.29 is 18.4 Å². The van der Waals surface area contributed by atoms with Crippen molar-refractivity contribution in [2.75, 3.05) is 19.6 Å². The Morgan fingerprint density at radius 2 is 1.82 bits per heavy atom. The van der Waals surface area contributed by atoms with Gasteiger partial charge in [0.1, 0.15) is 0 Å². The quantitative estimate of drug-likeness (QED) is 0.703. The summed E-state index contributed by atoms with van der Waals surface area (Å²) in [5.74, 6) is -3.54. The van der Waals surface area contributed by atoms with Gasteiger partial charge in [-0.2, -0.15) is 0 Å². The highest BCUT2D eigenvalue weighted by Gasteiger charge is 2.42. The summed E-state index contributed by atoms with van der Waals surface area (Å²) < 4.78 is 25.9. The molecule has 122 valence electrons. The maximum absolute atomic E-state index is 12.9. The third-order valence-electron chi connectivity index (χ3n) is 3.17. The summed E-state index contributed by atoms with van der Waals surface area (Å²) in [6.45, 7) is -0.0421. The Kier molecular flexibility index (Phi) is 6.70. The molecule has 0 radical (unpaired) electrons. The first kappa shape index (κ1) is 18.3. The molecule has 1 atom stereocenters. The van der Waals surface area contributed by atoms with Gasteiger partial charge in [-0.1, -0.05) is 18.2 Å². The van der Waals surface area contributed by atoms with Gasteiger partial charge in [-0.25, -0.2) is 8.78 Å². The third kappa shape index (κ3) is 5.23. The summed E-state index contributed by atoms with van der Waals surface area (Å²) in [7, 11) is 0. The molecule has 1 heterocycles. The molecule has 2 amide bonds. The Morgan fingerprint density at radius 1 is 1.18 bits per heavy atom. The number of rotatable bonds is 5. The summed E-state index contributed by atoms with van der Waals surface area (Å²) >= 11 is 0. The summed E-state index contributed by atoms with van der Waals surface area (Å²) in [6.07, 6.45) is -0.491. The zero-order valence-corrected chi connectivity index (χ0v) is 12.6. The molecular formula is C14H18ClF2N3O2. The van der Waals surface area contributed by atoms with Gasteiger partial charge in [0.15, 0.2) is 0 Å². The van der Waals surface area contributed by atoms with Gasteiger partial charge in [0.25, 0.3) is 11.8 Å².